The lowest BCUT2D eigenvalue weighted by atomic mass is 10.1. The van der Waals surface area contributed by atoms with Crippen molar-refractivity contribution in [1.82, 2.24) is 9.80 Å². The molecule has 0 aromatic heterocycles. The summed E-state index contributed by atoms with van der Waals surface area (Å²) in [4.78, 5) is 17.0. The highest BCUT2D eigenvalue weighted by molar-refractivity contribution is 5.76. The Hall–Kier alpha value is -1.35. The molecule has 2 aliphatic rings. The summed E-state index contributed by atoms with van der Waals surface area (Å²) in [6, 6.07) is 11.1. The van der Waals surface area contributed by atoms with Gasteiger partial charge in [0.2, 0.25) is 5.91 Å². The molecule has 1 aromatic carbocycles. The van der Waals surface area contributed by atoms with Gasteiger partial charge in [0.1, 0.15) is 0 Å². The van der Waals surface area contributed by atoms with Crippen molar-refractivity contribution in [3.63, 3.8) is 0 Å². The molecule has 1 heterocycles. The minimum absolute atomic E-state index is 0.324. The van der Waals surface area contributed by atoms with Crippen molar-refractivity contribution in [1.29, 1.82) is 0 Å². The second kappa shape index (κ2) is 7.08. The monoisotopic (exact) mass is 286 g/mol. The van der Waals surface area contributed by atoms with Crippen LogP contribution in [0.1, 0.15) is 37.7 Å². The maximum Gasteiger partial charge on any atom is 0.222 e. The van der Waals surface area contributed by atoms with Crippen molar-refractivity contribution in [2.75, 3.05) is 26.2 Å². The van der Waals surface area contributed by atoms with Gasteiger partial charge in [-0.15, -0.1) is 0 Å². The molecular formula is C18H26N2O. The van der Waals surface area contributed by atoms with Crippen LogP contribution in [0.25, 0.3) is 0 Å². The fourth-order valence-corrected chi connectivity index (χ4v) is 3.66. The van der Waals surface area contributed by atoms with Crippen molar-refractivity contribution in [2.45, 2.75) is 44.6 Å². The van der Waals surface area contributed by atoms with Crippen molar-refractivity contribution in [2.24, 2.45) is 0 Å². The zero-order valence-electron chi connectivity index (χ0n) is 12.8. The van der Waals surface area contributed by atoms with E-state index in [-0.39, 0.29) is 0 Å². The van der Waals surface area contributed by atoms with Crippen LogP contribution in [0.3, 0.4) is 0 Å². The highest BCUT2D eigenvalue weighted by Crippen LogP contribution is 2.24. The summed E-state index contributed by atoms with van der Waals surface area (Å²) in [6.45, 7) is 3.98. The highest BCUT2D eigenvalue weighted by atomic mass is 16.2. The Kier molecular flexibility index (Phi) is 4.91. The average Bonchev–Trinajstić information content (AvgIpc) is 3.08. The van der Waals surface area contributed by atoms with Crippen LogP contribution in [-0.4, -0.2) is 47.9 Å². The van der Waals surface area contributed by atoms with Crippen LogP contribution >= 0.6 is 0 Å². The first-order chi connectivity index (χ1) is 10.3. The Morgan fingerprint density at radius 3 is 2.33 bits per heavy atom. The molecule has 3 rings (SSSR count). The zero-order valence-corrected chi connectivity index (χ0v) is 12.8. The molecule has 21 heavy (non-hydrogen) atoms. The third-order valence-corrected chi connectivity index (χ3v) is 4.98. The van der Waals surface area contributed by atoms with Crippen LogP contribution in [0, 0.1) is 0 Å². The number of piperazine rings is 1. The molecule has 1 aromatic rings. The predicted octanol–water partition coefficient (Wildman–Crippen LogP) is 2.71. The molecule has 1 saturated heterocycles. The van der Waals surface area contributed by atoms with Gasteiger partial charge in [0.05, 0.1) is 0 Å². The predicted molar refractivity (Wildman–Crippen MR) is 85.2 cm³/mol. The molecule has 2 fully saturated rings. The van der Waals surface area contributed by atoms with Crippen LogP contribution in [0.2, 0.25) is 0 Å². The lowest BCUT2D eigenvalue weighted by molar-refractivity contribution is -0.133. The molecule has 0 radical (unpaired) electrons. The van der Waals surface area contributed by atoms with Crippen LogP contribution in [0.15, 0.2) is 30.3 Å². The summed E-state index contributed by atoms with van der Waals surface area (Å²) < 4.78 is 0. The highest BCUT2D eigenvalue weighted by Gasteiger charge is 2.27. The van der Waals surface area contributed by atoms with Crippen molar-refractivity contribution in [3.8, 4) is 0 Å². The molecule has 3 heteroatoms. The Balaban J connectivity index is 1.42. The number of amides is 1. The molecule has 3 nitrogen and oxygen atoms in total. The van der Waals surface area contributed by atoms with Gasteiger partial charge in [-0.2, -0.15) is 0 Å². The third kappa shape index (κ3) is 3.85. The van der Waals surface area contributed by atoms with Crippen molar-refractivity contribution < 1.29 is 4.79 Å². The lowest BCUT2D eigenvalue weighted by Gasteiger charge is -2.38. The molecule has 0 unspecified atom stereocenters. The van der Waals surface area contributed by atoms with E-state index in [2.05, 4.69) is 21.9 Å². The molecule has 114 valence electrons. The van der Waals surface area contributed by atoms with Crippen LogP contribution < -0.4 is 0 Å². The molecule has 1 aliphatic carbocycles. The van der Waals surface area contributed by atoms with Crippen molar-refractivity contribution in [3.05, 3.63) is 35.9 Å². The molecule has 0 N–H and O–H groups in total. The van der Waals surface area contributed by atoms with E-state index in [9.17, 15) is 4.79 Å². The first kappa shape index (κ1) is 14.6. The molecule has 1 aliphatic heterocycles. The number of carbonyl (C=O) groups is 1. The van der Waals surface area contributed by atoms with E-state index in [0.717, 1.165) is 38.6 Å². The number of hydrogen-bond acceptors (Lipinski definition) is 2. The van der Waals surface area contributed by atoms with Gasteiger partial charge in [0.25, 0.3) is 0 Å². The number of benzene rings is 1. The number of carbonyl (C=O) groups excluding carboxylic acids is 1. The molecule has 1 saturated carbocycles. The Labute approximate surface area is 127 Å². The van der Waals surface area contributed by atoms with E-state index >= 15 is 0 Å². The average molecular weight is 286 g/mol. The molecule has 0 bridgehead atoms. The Morgan fingerprint density at radius 2 is 1.67 bits per heavy atom. The summed E-state index contributed by atoms with van der Waals surface area (Å²) in [5.74, 6) is 0.324. The molecule has 0 spiro atoms. The molecule has 1 amide bonds. The summed E-state index contributed by atoms with van der Waals surface area (Å²) in [7, 11) is 0. The van der Waals surface area contributed by atoms with Gasteiger partial charge in [-0.25, -0.2) is 0 Å². The summed E-state index contributed by atoms with van der Waals surface area (Å²) in [6.07, 6.45) is 7.02. The van der Waals surface area contributed by atoms with E-state index in [4.69, 9.17) is 0 Å². The van der Waals surface area contributed by atoms with Gasteiger partial charge in [0, 0.05) is 38.6 Å². The smallest absolute Gasteiger partial charge is 0.222 e. The van der Waals surface area contributed by atoms with Gasteiger partial charge in [-0.3, -0.25) is 9.69 Å². The summed E-state index contributed by atoms with van der Waals surface area (Å²) in [5, 5.41) is 0. The number of hydrogen-bond donors (Lipinski definition) is 0. The number of aryl methyl sites for hydroxylation is 1. The second-order valence-electron chi connectivity index (χ2n) is 6.34. The SMILES string of the molecule is O=C(CCc1ccccc1)N1CCN(C2CCCC2)CC1. The second-order valence-corrected chi connectivity index (χ2v) is 6.34. The quantitative estimate of drug-likeness (QED) is 0.849. The van der Waals surface area contributed by atoms with Gasteiger partial charge in [-0.05, 0) is 24.8 Å². The fraction of sp³-hybridized carbons (Fsp3) is 0.611. The van der Waals surface area contributed by atoms with Gasteiger partial charge in [-0.1, -0.05) is 43.2 Å². The fourth-order valence-electron chi connectivity index (χ4n) is 3.66. The Bertz CT molecular complexity index is 446. The van der Waals surface area contributed by atoms with Gasteiger partial charge < -0.3 is 4.90 Å². The van der Waals surface area contributed by atoms with Gasteiger partial charge >= 0.3 is 0 Å². The maximum atomic E-state index is 12.3. The largest absolute Gasteiger partial charge is 0.340 e. The van der Waals surface area contributed by atoms with E-state index < -0.39 is 0 Å². The number of nitrogens with zero attached hydrogens (tertiary/aromatic N) is 2. The van der Waals surface area contributed by atoms with Crippen LogP contribution in [0.4, 0.5) is 0 Å². The van der Waals surface area contributed by atoms with Crippen LogP contribution in [0.5, 0.6) is 0 Å². The van der Waals surface area contributed by atoms with E-state index in [1.54, 1.807) is 0 Å². The first-order valence-corrected chi connectivity index (χ1v) is 8.39. The minimum atomic E-state index is 0.324. The molecule has 0 atom stereocenters. The minimum Gasteiger partial charge on any atom is -0.340 e. The topological polar surface area (TPSA) is 23.6 Å². The Morgan fingerprint density at radius 1 is 1.00 bits per heavy atom. The van der Waals surface area contributed by atoms with E-state index in [1.165, 1.54) is 31.2 Å². The summed E-state index contributed by atoms with van der Waals surface area (Å²) in [5.41, 5.74) is 1.26. The maximum absolute atomic E-state index is 12.3. The van der Waals surface area contributed by atoms with Crippen molar-refractivity contribution >= 4 is 5.91 Å². The first-order valence-electron chi connectivity index (χ1n) is 8.39. The van der Waals surface area contributed by atoms with E-state index in [1.807, 2.05) is 18.2 Å². The normalized spacial score (nSPS) is 20.9. The van der Waals surface area contributed by atoms with Gasteiger partial charge in [0.15, 0.2) is 0 Å². The van der Waals surface area contributed by atoms with Crippen LogP contribution in [-0.2, 0) is 11.2 Å². The zero-order chi connectivity index (χ0) is 14.5. The molecular weight excluding hydrogens is 260 g/mol. The third-order valence-electron chi connectivity index (χ3n) is 4.98. The van der Waals surface area contributed by atoms with E-state index in [0.29, 0.717) is 12.3 Å². The summed E-state index contributed by atoms with van der Waals surface area (Å²) >= 11 is 0. The number of rotatable bonds is 4. The standard InChI is InChI=1S/C18H26N2O/c21-18(11-10-16-6-2-1-3-7-16)20-14-12-19(13-15-20)17-8-4-5-9-17/h1-3,6-7,17H,4-5,8-15H2. The lowest BCUT2D eigenvalue weighted by Crippen LogP contribution is -2.51.